The third-order valence-electron chi connectivity index (χ3n) is 2.14. The fourth-order valence-electron chi connectivity index (χ4n) is 1.58. The topological polar surface area (TPSA) is 36.1 Å². The Morgan fingerprint density at radius 3 is 2.60 bits per heavy atom. The van der Waals surface area contributed by atoms with Crippen molar-refractivity contribution < 1.29 is 0 Å². The molecule has 1 fully saturated rings. The molecule has 0 radical (unpaired) electrons. The molecule has 0 amide bonds. The predicted octanol–water partition coefficient (Wildman–Crippen LogP) is -0.271. The first kappa shape index (κ1) is 6.04. The van der Waals surface area contributed by atoms with Crippen LogP contribution in [-0.4, -0.2) is 18.8 Å². The third kappa shape index (κ3) is 0.968. The first-order valence-corrected chi connectivity index (χ1v) is 3.87. The second-order valence-corrected chi connectivity index (χ2v) is 2.85. The van der Waals surface area contributed by atoms with Gasteiger partial charge in [0.25, 0.3) is 0 Å². The fourth-order valence-corrected chi connectivity index (χ4v) is 1.58. The maximum Gasteiger partial charge on any atom is 0.111 e. The summed E-state index contributed by atoms with van der Waals surface area (Å²) in [7, 11) is 0. The first-order chi connectivity index (χ1) is 4.97. The van der Waals surface area contributed by atoms with E-state index in [1.54, 1.807) is 0 Å². The van der Waals surface area contributed by atoms with Gasteiger partial charge in [-0.05, 0) is 19.4 Å². The molecule has 0 saturated carbocycles. The van der Waals surface area contributed by atoms with Gasteiger partial charge in [-0.25, -0.2) is 0 Å². The molecular formula is C7H13N3. The maximum absolute atomic E-state index is 3.43. The molecule has 3 nitrogen and oxygen atoms in total. The van der Waals surface area contributed by atoms with Crippen molar-refractivity contribution in [2.75, 3.05) is 6.54 Å². The monoisotopic (exact) mass is 139 g/mol. The second-order valence-electron chi connectivity index (χ2n) is 2.85. The minimum absolute atomic E-state index is 0.433. The van der Waals surface area contributed by atoms with Gasteiger partial charge in [-0.3, -0.25) is 0 Å². The van der Waals surface area contributed by atoms with E-state index in [0.29, 0.717) is 12.2 Å². The molecule has 0 aromatic rings. The lowest BCUT2D eigenvalue weighted by Gasteiger charge is -2.19. The van der Waals surface area contributed by atoms with Crippen LogP contribution in [0.1, 0.15) is 12.8 Å². The van der Waals surface area contributed by atoms with Gasteiger partial charge < -0.3 is 16.0 Å². The lowest BCUT2D eigenvalue weighted by molar-refractivity contribution is 0.426. The molecule has 2 aliphatic heterocycles. The van der Waals surface area contributed by atoms with Crippen molar-refractivity contribution in [1.29, 1.82) is 0 Å². The molecule has 10 heavy (non-hydrogen) atoms. The fraction of sp³-hybridized carbons (Fsp3) is 0.714. The zero-order valence-electron chi connectivity index (χ0n) is 5.93. The zero-order chi connectivity index (χ0) is 6.81. The number of hydrogen-bond acceptors (Lipinski definition) is 3. The summed E-state index contributed by atoms with van der Waals surface area (Å²) in [5.41, 5.74) is 0. The van der Waals surface area contributed by atoms with Gasteiger partial charge in [-0.1, -0.05) is 0 Å². The Balaban J connectivity index is 1.87. The molecule has 56 valence electrons. The summed E-state index contributed by atoms with van der Waals surface area (Å²) in [4.78, 5) is 0. The van der Waals surface area contributed by atoms with Gasteiger partial charge in [-0.2, -0.15) is 0 Å². The van der Waals surface area contributed by atoms with Crippen molar-refractivity contribution in [3.05, 3.63) is 12.4 Å². The minimum Gasteiger partial charge on any atom is -0.369 e. The van der Waals surface area contributed by atoms with E-state index in [4.69, 9.17) is 0 Å². The molecule has 0 spiro atoms. The van der Waals surface area contributed by atoms with Crippen LogP contribution < -0.4 is 16.0 Å². The molecule has 0 aromatic carbocycles. The van der Waals surface area contributed by atoms with Crippen molar-refractivity contribution in [3.8, 4) is 0 Å². The van der Waals surface area contributed by atoms with Gasteiger partial charge in [0.05, 0.1) is 0 Å². The molecule has 3 N–H and O–H groups in total. The molecule has 2 aliphatic rings. The molecule has 1 saturated heterocycles. The minimum atomic E-state index is 0.433. The average Bonchev–Trinajstić information content (AvgIpc) is 2.59. The Morgan fingerprint density at radius 2 is 2.00 bits per heavy atom. The molecule has 2 rings (SSSR count). The van der Waals surface area contributed by atoms with E-state index in [2.05, 4.69) is 16.0 Å². The van der Waals surface area contributed by atoms with Crippen LogP contribution in [0.5, 0.6) is 0 Å². The predicted molar refractivity (Wildman–Crippen MR) is 40.2 cm³/mol. The molecular weight excluding hydrogens is 126 g/mol. The Morgan fingerprint density at radius 1 is 1.20 bits per heavy atom. The average molecular weight is 139 g/mol. The highest BCUT2D eigenvalue weighted by Gasteiger charge is 2.23. The molecule has 1 atom stereocenters. The van der Waals surface area contributed by atoms with Crippen molar-refractivity contribution >= 4 is 0 Å². The quantitative estimate of drug-likeness (QED) is 0.468. The summed E-state index contributed by atoms with van der Waals surface area (Å²) < 4.78 is 0. The Labute approximate surface area is 60.9 Å². The van der Waals surface area contributed by atoms with Crippen LogP contribution in [0.3, 0.4) is 0 Å². The zero-order valence-corrected chi connectivity index (χ0v) is 5.93. The van der Waals surface area contributed by atoms with Gasteiger partial charge in [-0.15, -0.1) is 0 Å². The van der Waals surface area contributed by atoms with Gasteiger partial charge in [0.2, 0.25) is 0 Å². The van der Waals surface area contributed by atoms with Crippen molar-refractivity contribution in [1.82, 2.24) is 16.0 Å². The summed E-state index contributed by atoms with van der Waals surface area (Å²) in [5, 5.41) is 9.92. The summed E-state index contributed by atoms with van der Waals surface area (Å²) in [6, 6.07) is 0.620. The van der Waals surface area contributed by atoms with E-state index >= 15 is 0 Å². The Hall–Kier alpha value is -0.700. The van der Waals surface area contributed by atoms with Crippen LogP contribution >= 0.6 is 0 Å². The molecule has 2 heterocycles. The lowest BCUT2D eigenvalue weighted by Crippen LogP contribution is -2.47. The van der Waals surface area contributed by atoms with Crippen LogP contribution in [0.4, 0.5) is 0 Å². The van der Waals surface area contributed by atoms with Crippen LogP contribution in [0.25, 0.3) is 0 Å². The van der Waals surface area contributed by atoms with Crippen LogP contribution in [0.2, 0.25) is 0 Å². The largest absolute Gasteiger partial charge is 0.369 e. The van der Waals surface area contributed by atoms with E-state index in [9.17, 15) is 0 Å². The molecule has 0 bridgehead atoms. The highest BCUT2D eigenvalue weighted by Crippen LogP contribution is 2.08. The van der Waals surface area contributed by atoms with E-state index < -0.39 is 0 Å². The second kappa shape index (κ2) is 2.50. The molecule has 1 unspecified atom stereocenters. The summed E-state index contributed by atoms with van der Waals surface area (Å²) in [5.74, 6) is 0. The highest BCUT2D eigenvalue weighted by atomic mass is 15.2. The molecule has 3 heteroatoms. The number of rotatable bonds is 1. The molecule has 0 aliphatic carbocycles. The normalized spacial score (nSPS) is 32.2. The summed E-state index contributed by atoms with van der Waals surface area (Å²) in [6.07, 6.45) is 6.95. The maximum atomic E-state index is 3.43. The van der Waals surface area contributed by atoms with Gasteiger partial charge in [0.15, 0.2) is 0 Å². The van der Waals surface area contributed by atoms with Gasteiger partial charge >= 0.3 is 0 Å². The molecule has 0 aromatic heterocycles. The SMILES string of the molecule is C1=CNC(C2CCCN2)N1. The van der Waals surface area contributed by atoms with Crippen molar-refractivity contribution in [3.63, 3.8) is 0 Å². The Bertz CT molecular complexity index is 130. The number of nitrogens with one attached hydrogen (secondary N) is 3. The van der Waals surface area contributed by atoms with E-state index in [-0.39, 0.29) is 0 Å². The van der Waals surface area contributed by atoms with E-state index in [1.807, 2.05) is 12.4 Å². The van der Waals surface area contributed by atoms with E-state index in [0.717, 1.165) is 0 Å². The highest BCUT2D eigenvalue weighted by molar-refractivity contribution is 4.97. The first-order valence-electron chi connectivity index (χ1n) is 3.87. The Kier molecular flexibility index (Phi) is 1.51. The third-order valence-corrected chi connectivity index (χ3v) is 2.14. The smallest absolute Gasteiger partial charge is 0.111 e. The lowest BCUT2D eigenvalue weighted by atomic mass is 10.2. The van der Waals surface area contributed by atoms with Crippen LogP contribution in [0, 0.1) is 0 Å². The van der Waals surface area contributed by atoms with Crippen LogP contribution in [-0.2, 0) is 0 Å². The van der Waals surface area contributed by atoms with Crippen LogP contribution in [0.15, 0.2) is 12.4 Å². The van der Waals surface area contributed by atoms with Gasteiger partial charge in [0.1, 0.15) is 6.17 Å². The standard InChI is InChI=1S/C7H13N3/c1-2-6(8-3-1)7-9-4-5-10-7/h4-10H,1-3H2. The van der Waals surface area contributed by atoms with Gasteiger partial charge in [0, 0.05) is 18.4 Å². The summed E-state index contributed by atoms with van der Waals surface area (Å²) in [6.45, 7) is 1.17. The van der Waals surface area contributed by atoms with Crippen molar-refractivity contribution in [2.24, 2.45) is 0 Å². The summed E-state index contributed by atoms with van der Waals surface area (Å²) >= 11 is 0. The van der Waals surface area contributed by atoms with Crippen molar-refractivity contribution in [2.45, 2.75) is 25.0 Å². The number of hydrogen-bond donors (Lipinski definition) is 3. The van der Waals surface area contributed by atoms with E-state index in [1.165, 1.54) is 19.4 Å².